The Balaban J connectivity index is 0.969. The fourth-order valence-electron chi connectivity index (χ4n) is 6.95. The molecule has 0 radical (unpaired) electrons. The van der Waals surface area contributed by atoms with Crippen LogP contribution in [0.1, 0.15) is 48.3 Å². The number of anilines is 2. The predicted molar refractivity (Wildman–Crippen MR) is 186 cm³/mol. The van der Waals surface area contributed by atoms with Crippen LogP contribution in [0.2, 0.25) is 0 Å². The minimum Gasteiger partial charge on any atom is -0.507 e. The van der Waals surface area contributed by atoms with Gasteiger partial charge in [0.25, 0.3) is 0 Å². The maximum absolute atomic E-state index is 12.2. The van der Waals surface area contributed by atoms with Crippen LogP contribution in [-0.2, 0) is 9.59 Å². The SMILES string of the molecule is N=C(N)/C(=C\C(=N)c1ccccc1O)c1ccc(N2CCC(CN3CCN(c4ccc(C5CCC(=O)NC5=O)cc4)CC3)CC2)cc1. The molecule has 3 saturated heterocycles. The van der Waals surface area contributed by atoms with Crippen molar-refractivity contribution < 1.29 is 14.7 Å². The van der Waals surface area contributed by atoms with E-state index in [-0.39, 0.29) is 35.0 Å². The molecule has 1 unspecified atom stereocenters. The summed E-state index contributed by atoms with van der Waals surface area (Å²) in [6.07, 6.45) is 4.78. The molecule has 10 nitrogen and oxygen atoms in total. The molecule has 47 heavy (non-hydrogen) atoms. The van der Waals surface area contributed by atoms with E-state index in [9.17, 15) is 14.7 Å². The molecule has 10 heteroatoms. The van der Waals surface area contributed by atoms with Gasteiger partial charge in [0, 0.05) is 74.7 Å². The van der Waals surface area contributed by atoms with Crippen LogP contribution in [0, 0.1) is 16.7 Å². The number of rotatable bonds is 9. The fourth-order valence-corrected chi connectivity index (χ4v) is 6.95. The van der Waals surface area contributed by atoms with Gasteiger partial charge in [0.1, 0.15) is 11.6 Å². The van der Waals surface area contributed by atoms with E-state index in [1.807, 2.05) is 24.3 Å². The van der Waals surface area contributed by atoms with Gasteiger partial charge in [0.05, 0.1) is 11.6 Å². The smallest absolute Gasteiger partial charge is 0.234 e. The second-order valence-electron chi connectivity index (χ2n) is 12.8. The van der Waals surface area contributed by atoms with Gasteiger partial charge < -0.3 is 26.0 Å². The predicted octanol–water partition coefficient (Wildman–Crippen LogP) is 4.34. The number of carbonyl (C=O) groups excluding carboxylic acids is 2. The Morgan fingerprint density at radius 1 is 0.830 bits per heavy atom. The summed E-state index contributed by atoms with van der Waals surface area (Å²) in [4.78, 5) is 31.1. The molecule has 0 aliphatic carbocycles. The Labute approximate surface area is 275 Å². The number of amidine groups is 1. The number of nitrogens with one attached hydrogen (secondary N) is 3. The number of imide groups is 1. The fraction of sp³-hybridized carbons (Fsp3) is 0.351. The molecule has 3 aromatic carbocycles. The Kier molecular flexibility index (Phi) is 9.68. The lowest BCUT2D eigenvalue weighted by atomic mass is 9.90. The number of nitrogens with zero attached hydrogens (tertiary/aromatic N) is 3. The molecule has 1 atom stereocenters. The summed E-state index contributed by atoms with van der Waals surface area (Å²) < 4.78 is 0. The number of hydrogen-bond acceptors (Lipinski definition) is 8. The van der Waals surface area contributed by atoms with Crippen LogP contribution in [-0.4, -0.2) is 79.2 Å². The molecular formula is C37H43N7O3. The number of phenols is 1. The zero-order chi connectivity index (χ0) is 32.9. The molecule has 6 N–H and O–H groups in total. The van der Waals surface area contributed by atoms with Crippen molar-refractivity contribution in [2.24, 2.45) is 11.7 Å². The summed E-state index contributed by atoms with van der Waals surface area (Å²) in [7, 11) is 0. The lowest BCUT2D eigenvalue weighted by molar-refractivity contribution is -0.134. The summed E-state index contributed by atoms with van der Waals surface area (Å²) in [5.74, 6) is -0.0567. The molecule has 3 aliphatic rings. The van der Waals surface area contributed by atoms with Crippen molar-refractivity contribution in [3.05, 3.63) is 95.6 Å². The quantitative estimate of drug-likeness (QED) is 0.134. The summed E-state index contributed by atoms with van der Waals surface area (Å²) in [6.45, 7) is 7.13. The first-order valence-electron chi connectivity index (χ1n) is 16.4. The van der Waals surface area contributed by atoms with Crippen LogP contribution < -0.4 is 20.9 Å². The number of benzene rings is 3. The van der Waals surface area contributed by atoms with Gasteiger partial charge in [-0.15, -0.1) is 0 Å². The molecule has 6 rings (SSSR count). The molecule has 3 heterocycles. The van der Waals surface area contributed by atoms with Gasteiger partial charge in [-0.2, -0.15) is 0 Å². The van der Waals surface area contributed by atoms with Crippen molar-refractivity contribution >= 4 is 40.3 Å². The number of allylic oxidation sites excluding steroid dienone is 1. The normalized spacial score (nSPS) is 19.8. The maximum atomic E-state index is 12.2. The number of hydrogen-bond donors (Lipinski definition) is 5. The van der Waals surface area contributed by atoms with Gasteiger partial charge >= 0.3 is 0 Å². The van der Waals surface area contributed by atoms with Crippen molar-refractivity contribution in [3.8, 4) is 5.75 Å². The van der Waals surface area contributed by atoms with Gasteiger partial charge in [-0.3, -0.25) is 25.2 Å². The van der Waals surface area contributed by atoms with E-state index in [2.05, 4.69) is 44.3 Å². The van der Waals surface area contributed by atoms with Gasteiger partial charge in [-0.25, -0.2) is 0 Å². The van der Waals surface area contributed by atoms with Crippen molar-refractivity contribution in [1.82, 2.24) is 10.2 Å². The summed E-state index contributed by atoms with van der Waals surface area (Å²) in [5.41, 5.74) is 10.9. The molecule has 0 aromatic heterocycles. The largest absolute Gasteiger partial charge is 0.507 e. The molecule has 3 fully saturated rings. The van der Waals surface area contributed by atoms with E-state index in [1.165, 1.54) is 11.8 Å². The van der Waals surface area contributed by atoms with Gasteiger partial charge in [-0.1, -0.05) is 36.4 Å². The van der Waals surface area contributed by atoms with Crippen LogP contribution in [0.3, 0.4) is 0 Å². The number of para-hydroxylation sites is 1. The first kappa shape index (κ1) is 32.0. The number of piperidine rings is 2. The zero-order valence-corrected chi connectivity index (χ0v) is 26.6. The second-order valence-corrected chi connectivity index (χ2v) is 12.8. The topological polar surface area (TPSA) is 150 Å². The minimum absolute atomic E-state index is 0.0216. The van der Waals surface area contributed by atoms with Crippen molar-refractivity contribution in [2.75, 3.05) is 55.6 Å². The highest BCUT2D eigenvalue weighted by Crippen LogP contribution is 2.29. The second kappa shape index (κ2) is 14.2. The summed E-state index contributed by atoms with van der Waals surface area (Å²) >= 11 is 0. The minimum atomic E-state index is -0.246. The molecule has 0 spiro atoms. The lowest BCUT2D eigenvalue weighted by Gasteiger charge is -2.40. The third-order valence-corrected chi connectivity index (χ3v) is 9.72. The zero-order valence-electron chi connectivity index (χ0n) is 26.6. The van der Waals surface area contributed by atoms with Crippen LogP contribution in [0.5, 0.6) is 5.75 Å². The molecule has 3 aliphatic heterocycles. The van der Waals surface area contributed by atoms with Crippen molar-refractivity contribution in [1.29, 1.82) is 10.8 Å². The number of aromatic hydroxyl groups is 1. The summed E-state index contributed by atoms with van der Waals surface area (Å²) in [6, 6.07) is 23.0. The van der Waals surface area contributed by atoms with Gasteiger partial charge in [0.15, 0.2) is 0 Å². The first-order valence-corrected chi connectivity index (χ1v) is 16.4. The highest BCUT2D eigenvalue weighted by molar-refractivity contribution is 6.27. The van der Waals surface area contributed by atoms with E-state index in [0.717, 1.165) is 75.5 Å². The Morgan fingerprint density at radius 2 is 1.45 bits per heavy atom. The molecule has 0 saturated carbocycles. The number of nitrogens with two attached hydrogens (primary N) is 1. The summed E-state index contributed by atoms with van der Waals surface area (Å²) in [5, 5.41) is 29.1. The van der Waals surface area contributed by atoms with Crippen LogP contribution >= 0.6 is 0 Å². The van der Waals surface area contributed by atoms with E-state index < -0.39 is 0 Å². The third-order valence-electron chi connectivity index (χ3n) is 9.72. The molecule has 2 amide bonds. The van der Waals surface area contributed by atoms with Crippen molar-refractivity contribution in [2.45, 2.75) is 31.6 Å². The van der Waals surface area contributed by atoms with E-state index >= 15 is 0 Å². The van der Waals surface area contributed by atoms with E-state index in [4.69, 9.17) is 16.6 Å². The number of carbonyl (C=O) groups is 2. The van der Waals surface area contributed by atoms with Gasteiger partial charge in [-0.05, 0) is 78.8 Å². The van der Waals surface area contributed by atoms with Crippen LogP contribution in [0.25, 0.3) is 5.57 Å². The maximum Gasteiger partial charge on any atom is 0.234 e. The van der Waals surface area contributed by atoms with Crippen LogP contribution in [0.4, 0.5) is 11.4 Å². The Morgan fingerprint density at radius 3 is 2.06 bits per heavy atom. The Hall–Kier alpha value is -4.96. The highest BCUT2D eigenvalue weighted by atomic mass is 16.3. The molecular weight excluding hydrogens is 590 g/mol. The molecule has 3 aromatic rings. The Bertz CT molecular complexity index is 1650. The standard InChI is InChI=1S/C37H43N7O3/c38-33(31-3-1-2-4-34(31)45)23-32(36(39)40)27-7-11-28(12-8-27)43-17-15-25(16-18-43)24-42-19-21-44(22-20-42)29-9-5-26(6-10-29)30-13-14-35(46)41-37(30)47/h1-12,23,25,30,38,45H,13-22,24H2,(H3,39,40)(H,41,46,47)/b32-23-,38-33?. The molecule has 0 bridgehead atoms. The molecule has 244 valence electrons. The number of piperazine rings is 1. The third kappa shape index (κ3) is 7.55. The average molecular weight is 634 g/mol. The van der Waals surface area contributed by atoms with Crippen molar-refractivity contribution in [3.63, 3.8) is 0 Å². The monoisotopic (exact) mass is 633 g/mol. The van der Waals surface area contributed by atoms with E-state index in [1.54, 1.807) is 24.3 Å². The lowest BCUT2D eigenvalue weighted by Crippen LogP contribution is -2.49. The average Bonchev–Trinajstić information content (AvgIpc) is 3.08. The highest BCUT2D eigenvalue weighted by Gasteiger charge is 2.28. The number of amides is 2. The van der Waals surface area contributed by atoms with Crippen LogP contribution in [0.15, 0.2) is 78.9 Å². The van der Waals surface area contributed by atoms with Gasteiger partial charge in [0.2, 0.25) is 11.8 Å². The van der Waals surface area contributed by atoms with E-state index in [0.29, 0.717) is 29.9 Å². The number of phenolic OH excluding ortho intramolecular Hbond substituents is 1. The first-order chi connectivity index (χ1) is 22.7.